The van der Waals surface area contributed by atoms with Gasteiger partial charge >= 0.3 is 12.1 Å². The van der Waals surface area contributed by atoms with Crippen LogP contribution < -0.4 is 5.73 Å². The highest BCUT2D eigenvalue weighted by atomic mass is 16.6. The molecule has 0 saturated heterocycles. The van der Waals surface area contributed by atoms with Crippen LogP contribution >= 0.6 is 0 Å². The Bertz CT molecular complexity index is 980. The molecule has 10 nitrogen and oxygen atoms in total. The number of rotatable bonds is 3. The lowest BCUT2D eigenvalue weighted by molar-refractivity contribution is 0.0222. The number of hydrogen-bond donors (Lipinski definition) is 1. The maximum absolute atomic E-state index is 12.4. The van der Waals surface area contributed by atoms with Gasteiger partial charge in [0.2, 0.25) is 0 Å². The first-order chi connectivity index (χ1) is 14.2. The average Bonchev–Trinajstić information content (AvgIpc) is 3.19. The summed E-state index contributed by atoms with van der Waals surface area (Å²) < 4.78 is 12.1. The summed E-state index contributed by atoms with van der Waals surface area (Å²) in [4.78, 5) is 34.5. The molecule has 1 aliphatic carbocycles. The monoisotopic (exact) mass is 414 g/mol. The molecule has 0 radical (unpaired) electrons. The molecule has 10 heteroatoms. The predicted octanol–water partition coefficient (Wildman–Crippen LogP) is 1.23. The standard InChI is InChI=1S/C20H26N6O4/c1-19(2,3)30-18(28)25-6-5-14-13(11-25)10-24-26(14)20(7-15(20)21)17-22-8-12(9-23-17)16(27)29-4/h8-10,15H,5-7,11,21H2,1-4H3. The topological polar surface area (TPSA) is 125 Å². The lowest BCUT2D eigenvalue weighted by atomic mass is 10.1. The molecule has 2 aliphatic rings. The minimum Gasteiger partial charge on any atom is -0.465 e. The maximum atomic E-state index is 12.4. The van der Waals surface area contributed by atoms with Crippen LogP contribution in [0.2, 0.25) is 0 Å². The Labute approximate surface area is 174 Å². The second-order valence-corrected chi connectivity index (χ2v) is 8.70. The number of fused-ring (bicyclic) bond motifs is 1. The SMILES string of the molecule is COC(=O)c1cnc(C2(n3ncc4c3CCN(C(=O)OC(C)(C)C)C4)CC2N)nc1. The number of methoxy groups -OCH3 is 1. The Balaban J connectivity index is 1.59. The molecule has 2 unspecified atom stereocenters. The van der Waals surface area contributed by atoms with Gasteiger partial charge in [-0.2, -0.15) is 5.10 Å². The van der Waals surface area contributed by atoms with Crippen molar-refractivity contribution in [3.63, 3.8) is 0 Å². The van der Waals surface area contributed by atoms with Gasteiger partial charge in [0.1, 0.15) is 11.1 Å². The molecule has 160 valence electrons. The Morgan fingerprint density at radius 2 is 1.90 bits per heavy atom. The van der Waals surface area contributed by atoms with Gasteiger partial charge in [-0.15, -0.1) is 0 Å². The summed E-state index contributed by atoms with van der Waals surface area (Å²) in [6, 6.07) is -0.186. The van der Waals surface area contributed by atoms with Crippen molar-refractivity contribution in [2.45, 2.75) is 57.3 Å². The Morgan fingerprint density at radius 3 is 2.47 bits per heavy atom. The second kappa shape index (κ2) is 7.05. The lowest BCUT2D eigenvalue weighted by Gasteiger charge is -2.31. The summed E-state index contributed by atoms with van der Waals surface area (Å²) in [6.07, 6.45) is 5.60. The fraction of sp³-hybridized carbons (Fsp3) is 0.550. The first kappa shape index (κ1) is 20.3. The average molecular weight is 414 g/mol. The Hall–Kier alpha value is -3.01. The summed E-state index contributed by atoms with van der Waals surface area (Å²) in [5.74, 6) is 0.0255. The van der Waals surface area contributed by atoms with Gasteiger partial charge in [-0.3, -0.25) is 4.68 Å². The first-order valence-electron chi connectivity index (χ1n) is 9.86. The van der Waals surface area contributed by atoms with E-state index < -0.39 is 17.1 Å². The molecule has 2 N–H and O–H groups in total. The van der Waals surface area contributed by atoms with Crippen molar-refractivity contribution < 1.29 is 19.1 Å². The van der Waals surface area contributed by atoms with Gasteiger partial charge in [0.05, 0.1) is 25.4 Å². The maximum Gasteiger partial charge on any atom is 0.410 e. The van der Waals surface area contributed by atoms with E-state index in [0.717, 1.165) is 11.3 Å². The number of carbonyl (C=O) groups is 2. The van der Waals surface area contributed by atoms with Crippen LogP contribution in [0.3, 0.4) is 0 Å². The fourth-order valence-electron chi connectivity index (χ4n) is 3.80. The molecule has 2 atom stereocenters. The highest BCUT2D eigenvalue weighted by Gasteiger charge is 2.59. The van der Waals surface area contributed by atoms with Crippen LogP contribution in [-0.2, 0) is 28.0 Å². The molecular weight excluding hydrogens is 388 g/mol. The molecule has 1 fully saturated rings. The van der Waals surface area contributed by atoms with E-state index in [4.69, 9.17) is 15.2 Å². The van der Waals surface area contributed by atoms with Gasteiger partial charge in [0.25, 0.3) is 0 Å². The molecule has 2 aromatic rings. The molecule has 0 aromatic carbocycles. The largest absolute Gasteiger partial charge is 0.465 e. The van der Waals surface area contributed by atoms with Crippen molar-refractivity contribution in [1.29, 1.82) is 0 Å². The van der Waals surface area contributed by atoms with Crippen molar-refractivity contribution in [1.82, 2.24) is 24.6 Å². The van der Waals surface area contributed by atoms with Crippen LogP contribution in [0.5, 0.6) is 0 Å². The van der Waals surface area contributed by atoms with Crippen molar-refractivity contribution in [3.8, 4) is 0 Å². The van der Waals surface area contributed by atoms with E-state index in [0.29, 0.717) is 31.8 Å². The van der Waals surface area contributed by atoms with E-state index in [1.54, 1.807) is 11.1 Å². The zero-order valence-electron chi connectivity index (χ0n) is 17.6. The number of esters is 1. The van der Waals surface area contributed by atoms with E-state index >= 15 is 0 Å². The third-order valence-electron chi connectivity index (χ3n) is 5.41. The summed E-state index contributed by atoms with van der Waals surface area (Å²) in [5.41, 5.74) is 7.38. The fourth-order valence-corrected chi connectivity index (χ4v) is 3.80. The highest BCUT2D eigenvalue weighted by molar-refractivity contribution is 5.88. The van der Waals surface area contributed by atoms with Crippen LogP contribution in [0.1, 0.15) is 54.6 Å². The van der Waals surface area contributed by atoms with Crippen molar-refractivity contribution in [2.75, 3.05) is 13.7 Å². The third-order valence-corrected chi connectivity index (χ3v) is 5.41. The zero-order valence-corrected chi connectivity index (χ0v) is 17.6. The molecule has 0 bridgehead atoms. The second-order valence-electron chi connectivity index (χ2n) is 8.70. The smallest absolute Gasteiger partial charge is 0.410 e. The Morgan fingerprint density at radius 1 is 1.23 bits per heavy atom. The lowest BCUT2D eigenvalue weighted by Crippen LogP contribution is -2.41. The van der Waals surface area contributed by atoms with Crippen LogP contribution in [0.4, 0.5) is 4.79 Å². The number of ether oxygens (including phenoxy) is 2. The quantitative estimate of drug-likeness (QED) is 0.743. The van der Waals surface area contributed by atoms with Gasteiger partial charge in [-0.1, -0.05) is 0 Å². The van der Waals surface area contributed by atoms with Crippen molar-refractivity contribution in [2.24, 2.45) is 5.73 Å². The molecular formula is C20H26N6O4. The number of nitrogens with two attached hydrogens (primary N) is 1. The molecule has 3 heterocycles. The molecule has 30 heavy (non-hydrogen) atoms. The van der Waals surface area contributed by atoms with E-state index in [2.05, 4.69) is 15.1 Å². The van der Waals surface area contributed by atoms with Crippen molar-refractivity contribution in [3.05, 3.63) is 41.2 Å². The van der Waals surface area contributed by atoms with Gasteiger partial charge in [-0.25, -0.2) is 19.6 Å². The number of carbonyl (C=O) groups excluding carboxylic acids is 2. The first-order valence-corrected chi connectivity index (χ1v) is 9.86. The van der Waals surface area contributed by atoms with Gasteiger partial charge in [0, 0.05) is 42.7 Å². The normalized spacial score (nSPS) is 23.0. The summed E-state index contributed by atoms with van der Waals surface area (Å²) >= 11 is 0. The minimum atomic E-state index is -0.643. The minimum absolute atomic E-state index is 0.186. The predicted molar refractivity (Wildman–Crippen MR) is 106 cm³/mol. The van der Waals surface area contributed by atoms with Gasteiger partial charge in [0.15, 0.2) is 5.82 Å². The summed E-state index contributed by atoms with van der Waals surface area (Å²) in [5, 5.41) is 4.59. The molecule has 1 aliphatic heterocycles. The highest BCUT2D eigenvalue weighted by Crippen LogP contribution is 2.47. The number of hydrogen-bond acceptors (Lipinski definition) is 8. The van der Waals surface area contributed by atoms with Crippen LogP contribution in [0.15, 0.2) is 18.6 Å². The number of aromatic nitrogens is 4. The summed E-state index contributed by atoms with van der Waals surface area (Å²) in [7, 11) is 1.31. The zero-order chi connectivity index (χ0) is 21.7. The molecule has 1 saturated carbocycles. The third kappa shape index (κ3) is 3.41. The van der Waals surface area contributed by atoms with Gasteiger partial charge < -0.3 is 20.1 Å². The van der Waals surface area contributed by atoms with Crippen LogP contribution in [0.25, 0.3) is 0 Å². The molecule has 4 rings (SSSR count). The Kier molecular flexibility index (Phi) is 4.76. The molecule has 1 amide bonds. The van der Waals surface area contributed by atoms with Crippen LogP contribution in [0, 0.1) is 0 Å². The van der Waals surface area contributed by atoms with E-state index in [1.807, 2.05) is 25.5 Å². The molecule has 0 spiro atoms. The molecule has 2 aromatic heterocycles. The van der Waals surface area contributed by atoms with E-state index in [1.165, 1.54) is 19.5 Å². The van der Waals surface area contributed by atoms with Gasteiger partial charge in [-0.05, 0) is 27.2 Å². The van der Waals surface area contributed by atoms with E-state index in [9.17, 15) is 9.59 Å². The van der Waals surface area contributed by atoms with Crippen molar-refractivity contribution >= 4 is 12.1 Å². The van der Waals surface area contributed by atoms with E-state index in [-0.39, 0.29) is 17.7 Å². The number of nitrogens with zero attached hydrogens (tertiary/aromatic N) is 5. The van der Waals surface area contributed by atoms with Crippen LogP contribution in [-0.4, -0.2) is 62.0 Å². The number of amides is 1. The summed E-state index contributed by atoms with van der Waals surface area (Å²) in [6.45, 7) is 6.50.